The molecular weight excluding hydrogens is 278 g/mol. The first-order chi connectivity index (χ1) is 9.60. The van der Waals surface area contributed by atoms with E-state index >= 15 is 0 Å². The molecule has 0 unspecified atom stereocenters. The number of rotatable bonds is 5. The van der Waals surface area contributed by atoms with Gasteiger partial charge in [-0.25, -0.2) is 9.97 Å². The summed E-state index contributed by atoms with van der Waals surface area (Å²) < 4.78 is 5.57. The van der Waals surface area contributed by atoms with E-state index in [2.05, 4.69) is 28.7 Å². The van der Waals surface area contributed by atoms with Crippen LogP contribution in [0.15, 0.2) is 6.07 Å². The zero-order valence-corrected chi connectivity index (χ0v) is 12.8. The second kappa shape index (κ2) is 7.20. The van der Waals surface area contributed by atoms with Crippen LogP contribution in [0.4, 0.5) is 5.82 Å². The van der Waals surface area contributed by atoms with E-state index in [1.54, 1.807) is 0 Å². The van der Waals surface area contributed by atoms with Gasteiger partial charge in [-0.3, -0.25) is 0 Å². The number of aliphatic hydroxyl groups is 1. The van der Waals surface area contributed by atoms with Crippen LogP contribution in [0.25, 0.3) is 0 Å². The van der Waals surface area contributed by atoms with Crippen LogP contribution >= 0.6 is 11.6 Å². The van der Waals surface area contributed by atoms with Gasteiger partial charge in [0.25, 0.3) is 0 Å². The maximum Gasteiger partial charge on any atom is 0.135 e. The Kier molecular flexibility index (Phi) is 5.57. The Morgan fingerprint density at radius 1 is 1.40 bits per heavy atom. The number of piperidine rings is 1. The summed E-state index contributed by atoms with van der Waals surface area (Å²) in [6.07, 6.45) is 2.12. The molecular formula is C14H22ClN3O2. The first-order valence-electron chi connectivity index (χ1n) is 7.12. The van der Waals surface area contributed by atoms with E-state index in [9.17, 15) is 0 Å². The highest BCUT2D eigenvalue weighted by atomic mass is 35.5. The number of aromatic nitrogens is 2. The highest BCUT2D eigenvalue weighted by Gasteiger charge is 2.21. The van der Waals surface area contributed by atoms with Crippen molar-refractivity contribution in [2.45, 2.75) is 38.7 Å². The number of aliphatic hydroxyl groups excluding tert-OH is 1. The van der Waals surface area contributed by atoms with Gasteiger partial charge in [0.1, 0.15) is 16.8 Å². The second-order valence-electron chi connectivity index (χ2n) is 5.34. The molecule has 20 heavy (non-hydrogen) atoms. The largest absolute Gasteiger partial charge is 0.394 e. The molecule has 1 aliphatic rings. The van der Waals surface area contributed by atoms with Crippen LogP contribution < -0.4 is 4.90 Å². The summed E-state index contributed by atoms with van der Waals surface area (Å²) in [6, 6.07) is 1.82. The van der Waals surface area contributed by atoms with Crippen molar-refractivity contribution in [2.75, 3.05) is 31.2 Å². The summed E-state index contributed by atoms with van der Waals surface area (Å²) in [6.45, 7) is 6.40. The van der Waals surface area contributed by atoms with Crippen molar-refractivity contribution in [2.24, 2.45) is 0 Å². The fourth-order valence-electron chi connectivity index (χ4n) is 2.31. The zero-order chi connectivity index (χ0) is 14.5. The summed E-state index contributed by atoms with van der Waals surface area (Å²) in [5.41, 5.74) is 0. The highest BCUT2D eigenvalue weighted by Crippen LogP contribution is 2.23. The Bertz CT molecular complexity index is 434. The minimum Gasteiger partial charge on any atom is -0.394 e. The number of nitrogens with zero attached hydrogens (tertiary/aromatic N) is 3. The molecule has 0 atom stereocenters. The van der Waals surface area contributed by atoms with E-state index in [1.165, 1.54) is 0 Å². The summed E-state index contributed by atoms with van der Waals surface area (Å²) in [7, 11) is 0. The summed E-state index contributed by atoms with van der Waals surface area (Å²) in [5.74, 6) is 1.94. The molecule has 0 aliphatic carbocycles. The minimum absolute atomic E-state index is 0.0828. The van der Waals surface area contributed by atoms with E-state index < -0.39 is 0 Å². The molecule has 6 heteroatoms. The Labute approximate surface area is 124 Å². The molecule has 1 N–H and O–H groups in total. The topological polar surface area (TPSA) is 58.5 Å². The summed E-state index contributed by atoms with van der Waals surface area (Å²) in [4.78, 5) is 11.1. The van der Waals surface area contributed by atoms with Gasteiger partial charge in [-0.2, -0.15) is 0 Å². The standard InChI is InChI=1S/C14H22ClN3O2/c1-10(2)14-16-12(15)9-13(17-14)18-5-3-11(4-6-18)20-8-7-19/h9-11,19H,3-8H2,1-2H3. The van der Waals surface area contributed by atoms with Crippen molar-refractivity contribution >= 4 is 17.4 Å². The van der Waals surface area contributed by atoms with Crippen LogP contribution in [0.2, 0.25) is 5.15 Å². The first-order valence-corrected chi connectivity index (χ1v) is 7.50. The average molecular weight is 300 g/mol. The van der Waals surface area contributed by atoms with Gasteiger partial charge in [-0.15, -0.1) is 0 Å². The number of hydrogen-bond acceptors (Lipinski definition) is 5. The lowest BCUT2D eigenvalue weighted by Crippen LogP contribution is -2.38. The predicted molar refractivity (Wildman–Crippen MR) is 79.4 cm³/mol. The van der Waals surface area contributed by atoms with E-state index in [-0.39, 0.29) is 18.6 Å². The lowest BCUT2D eigenvalue weighted by molar-refractivity contribution is 0.0158. The molecule has 1 aliphatic heterocycles. The molecule has 0 saturated carbocycles. The van der Waals surface area contributed by atoms with Gasteiger partial charge in [-0.1, -0.05) is 25.4 Å². The molecule has 1 aromatic rings. The molecule has 5 nitrogen and oxygen atoms in total. The summed E-state index contributed by atoms with van der Waals surface area (Å²) >= 11 is 6.08. The van der Waals surface area contributed by atoms with Crippen LogP contribution in [-0.2, 0) is 4.74 Å². The molecule has 2 rings (SSSR count). The maximum absolute atomic E-state index is 8.77. The van der Waals surface area contributed by atoms with E-state index in [0.29, 0.717) is 11.8 Å². The Balaban J connectivity index is 1.99. The van der Waals surface area contributed by atoms with Crippen molar-refractivity contribution in [3.05, 3.63) is 17.0 Å². The quantitative estimate of drug-likeness (QED) is 0.845. The molecule has 112 valence electrons. The minimum atomic E-state index is 0.0828. The van der Waals surface area contributed by atoms with Crippen molar-refractivity contribution in [1.29, 1.82) is 0 Å². The molecule has 0 amide bonds. The van der Waals surface area contributed by atoms with Gasteiger partial charge >= 0.3 is 0 Å². The lowest BCUT2D eigenvalue weighted by Gasteiger charge is -2.32. The third-order valence-electron chi connectivity index (χ3n) is 3.43. The predicted octanol–water partition coefficient (Wildman–Crippen LogP) is 2.23. The van der Waals surface area contributed by atoms with Gasteiger partial charge in [0.15, 0.2) is 0 Å². The van der Waals surface area contributed by atoms with Gasteiger partial charge in [0, 0.05) is 25.1 Å². The second-order valence-corrected chi connectivity index (χ2v) is 5.73. The third-order valence-corrected chi connectivity index (χ3v) is 3.62. The molecule has 1 aromatic heterocycles. The number of halogens is 1. The molecule has 0 bridgehead atoms. The SMILES string of the molecule is CC(C)c1nc(Cl)cc(N2CCC(OCCO)CC2)n1. The number of ether oxygens (including phenoxy) is 1. The van der Waals surface area contributed by atoms with E-state index in [4.69, 9.17) is 21.4 Å². The molecule has 0 radical (unpaired) electrons. The van der Waals surface area contributed by atoms with Crippen molar-refractivity contribution in [3.8, 4) is 0 Å². The lowest BCUT2D eigenvalue weighted by atomic mass is 10.1. The van der Waals surface area contributed by atoms with Crippen LogP contribution in [0, 0.1) is 0 Å². The molecule has 2 heterocycles. The van der Waals surface area contributed by atoms with Gasteiger partial charge in [-0.05, 0) is 12.8 Å². The van der Waals surface area contributed by atoms with Crippen LogP contribution in [-0.4, -0.2) is 47.5 Å². The monoisotopic (exact) mass is 299 g/mol. The van der Waals surface area contributed by atoms with Gasteiger partial charge in [0.05, 0.1) is 19.3 Å². The van der Waals surface area contributed by atoms with Crippen LogP contribution in [0.3, 0.4) is 0 Å². The van der Waals surface area contributed by atoms with Gasteiger partial charge in [0.2, 0.25) is 0 Å². The first kappa shape index (κ1) is 15.5. The molecule has 1 saturated heterocycles. The van der Waals surface area contributed by atoms with E-state index in [0.717, 1.165) is 37.6 Å². The van der Waals surface area contributed by atoms with Crippen LogP contribution in [0.1, 0.15) is 38.4 Å². The normalized spacial score (nSPS) is 16.9. The van der Waals surface area contributed by atoms with Crippen molar-refractivity contribution in [1.82, 2.24) is 9.97 Å². The van der Waals surface area contributed by atoms with Crippen molar-refractivity contribution < 1.29 is 9.84 Å². The Hall–Kier alpha value is -0.910. The van der Waals surface area contributed by atoms with Crippen molar-refractivity contribution in [3.63, 3.8) is 0 Å². The average Bonchev–Trinajstić information content (AvgIpc) is 2.45. The molecule has 0 aromatic carbocycles. The number of anilines is 1. The Morgan fingerprint density at radius 3 is 2.70 bits per heavy atom. The zero-order valence-electron chi connectivity index (χ0n) is 12.0. The van der Waals surface area contributed by atoms with Crippen LogP contribution in [0.5, 0.6) is 0 Å². The Morgan fingerprint density at radius 2 is 2.10 bits per heavy atom. The third kappa shape index (κ3) is 4.04. The smallest absolute Gasteiger partial charge is 0.135 e. The molecule has 0 spiro atoms. The fourth-order valence-corrected chi connectivity index (χ4v) is 2.50. The fraction of sp³-hybridized carbons (Fsp3) is 0.714. The van der Waals surface area contributed by atoms with E-state index in [1.807, 2.05) is 6.07 Å². The summed E-state index contributed by atoms with van der Waals surface area (Å²) in [5, 5.41) is 9.27. The molecule has 1 fully saturated rings. The van der Waals surface area contributed by atoms with Gasteiger partial charge < -0.3 is 14.7 Å². The number of hydrogen-bond donors (Lipinski definition) is 1. The maximum atomic E-state index is 8.77. The highest BCUT2D eigenvalue weighted by molar-refractivity contribution is 6.29.